The van der Waals surface area contributed by atoms with Crippen molar-refractivity contribution in [2.45, 2.75) is 32.7 Å². The molecule has 2 aliphatic heterocycles. The van der Waals surface area contributed by atoms with Crippen LogP contribution in [-0.4, -0.2) is 49.0 Å². The minimum absolute atomic E-state index is 0.226. The van der Waals surface area contributed by atoms with E-state index in [1.165, 1.54) is 18.4 Å². The van der Waals surface area contributed by atoms with Gasteiger partial charge < -0.3 is 9.64 Å². The molecule has 1 atom stereocenters. The molecule has 1 aromatic rings. The first-order valence-corrected chi connectivity index (χ1v) is 8.21. The summed E-state index contributed by atoms with van der Waals surface area (Å²) in [5.41, 5.74) is 1.66. The summed E-state index contributed by atoms with van der Waals surface area (Å²) in [7, 11) is 1.70. The summed E-state index contributed by atoms with van der Waals surface area (Å²) in [6.07, 6.45) is 3.66. The molecule has 2 aliphatic rings. The molecule has 2 saturated heterocycles. The van der Waals surface area contributed by atoms with Gasteiger partial charge in [-0.05, 0) is 43.5 Å². The molecule has 0 aromatic heterocycles. The highest BCUT2D eigenvalue weighted by atomic mass is 16.5. The molecule has 4 heteroatoms. The maximum Gasteiger partial charge on any atom is 0.219 e. The molecular formula is C18H26N2O2. The van der Waals surface area contributed by atoms with Gasteiger partial charge in [0, 0.05) is 38.5 Å². The summed E-state index contributed by atoms with van der Waals surface area (Å²) in [5.74, 6) is 1.14. The normalized spacial score (nSPS) is 25.6. The topological polar surface area (TPSA) is 32.8 Å². The number of ether oxygens (including phenoxy) is 1. The van der Waals surface area contributed by atoms with Gasteiger partial charge >= 0.3 is 0 Å². The summed E-state index contributed by atoms with van der Waals surface area (Å²) >= 11 is 0. The predicted molar refractivity (Wildman–Crippen MR) is 86.8 cm³/mol. The molecule has 0 aliphatic carbocycles. The van der Waals surface area contributed by atoms with Gasteiger partial charge in [0.25, 0.3) is 0 Å². The quantitative estimate of drug-likeness (QED) is 0.860. The summed E-state index contributed by atoms with van der Waals surface area (Å²) in [4.78, 5) is 16.2. The zero-order valence-electron chi connectivity index (χ0n) is 13.7. The lowest BCUT2D eigenvalue weighted by Crippen LogP contribution is -2.44. The van der Waals surface area contributed by atoms with Crippen molar-refractivity contribution in [3.05, 3.63) is 29.8 Å². The van der Waals surface area contributed by atoms with Gasteiger partial charge in [-0.15, -0.1) is 0 Å². The van der Waals surface area contributed by atoms with Gasteiger partial charge in [0.05, 0.1) is 7.11 Å². The van der Waals surface area contributed by atoms with Gasteiger partial charge in [0.2, 0.25) is 5.91 Å². The highest BCUT2D eigenvalue weighted by Gasteiger charge is 2.41. The second-order valence-corrected chi connectivity index (χ2v) is 6.85. The van der Waals surface area contributed by atoms with Crippen LogP contribution in [0.3, 0.4) is 0 Å². The minimum atomic E-state index is 0.226. The maximum absolute atomic E-state index is 11.6. The van der Waals surface area contributed by atoms with E-state index in [4.69, 9.17) is 4.74 Å². The number of hydrogen-bond acceptors (Lipinski definition) is 3. The first kappa shape index (κ1) is 15.3. The van der Waals surface area contributed by atoms with E-state index >= 15 is 0 Å². The van der Waals surface area contributed by atoms with Crippen molar-refractivity contribution >= 4 is 5.91 Å². The summed E-state index contributed by atoms with van der Waals surface area (Å²) in [6.45, 7) is 6.84. The molecule has 0 bridgehead atoms. The number of likely N-dealkylation sites (tertiary alicyclic amines) is 2. The molecule has 3 rings (SSSR count). The lowest BCUT2D eigenvalue weighted by Gasteiger charge is -2.40. The molecule has 1 amide bonds. The number of piperidine rings is 1. The SMILES string of the molecule is COc1ccc(CN2CCCC3(CCN(C(C)=O)C3)C2)cc1. The zero-order chi connectivity index (χ0) is 15.6. The Morgan fingerprint density at radius 1 is 1.18 bits per heavy atom. The molecule has 22 heavy (non-hydrogen) atoms. The summed E-state index contributed by atoms with van der Waals surface area (Å²) in [5, 5.41) is 0. The van der Waals surface area contributed by atoms with E-state index in [0.29, 0.717) is 5.41 Å². The van der Waals surface area contributed by atoms with Crippen LogP contribution in [0.2, 0.25) is 0 Å². The van der Waals surface area contributed by atoms with E-state index in [2.05, 4.69) is 17.0 Å². The third-order valence-electron chi connectivity index (χ3n) is 5.19. The van der Waals surface area contributed by atoms with Gasteiger partial charge in [-0.1, -0.05) is 12.1 Å². The predicted octanol–water partition coefficient (Wildman–Crippen LogP) is 2.53. The first-order chi connectivity index (χ1) is 10.6. The number of carbonyl (C=O) groups excluding carboxylic acids is 1. The fourth-order valence-corrected chi connectivity index (χ4v) is 3.97. The van der Waals surface area contributed by atoms with Crippen LogP contribution in [0, 0.1) is 5.41 Å². The number of methoxy groups -OCH3 is 1. The molecule has 0 radical (unpaired) electrons. The van der Waals surface area contributed by atoms with Crippen LogP contribution in [0.25, 0.3) is 0 Å². The van der Waals surface area contributed by atoms with Crippen molar-refractivity contribution < 1.29 is 9.53 Å². The molecule has 1 spiro atoms. The number of hydrogen-bond donors (Lipinski definition) is 0. The third-order valence-corrected chi connectivity index (χ3v) is 5.19. The standard InChI is InChI=1S/C18H26N2O2/c1-15(21)20-11-9-18(14-20)8-3-10-19(13-18)12-16-4-6-17(22-2)7-5-16/h4-7H,3,8-14H2,1-2H3. The van der Waals surface area contributed by atoms with Crippen LogP contribution in [0.15, 0.2) is 24.3 Å². The smallest absolute Gasteiger partial charge is 0.219 e. The Bertz CT molecular complexity index is 528. The van der Waals surface area contributed by atoms with E-state index in [1.807, 2.05) is 17.0 Å². The summed E-state index contributed by atoms with van der Waals surface area (Å²) < 4.78 is 5.22. The molecule has 0 saturated carbocycles. The molecule has 2 heterocycles. The average molecular weight is 302 g/mol. The number of rotatable bonds is 3. The van der Waals surface area contributed by atoms with Crippen LogP contribution in [0.4, 0.5) is 0 Å². The monoisotopic (exact) mass is 302 g/mol. The van der Waals surface area contributed by atoms with E-state index < -0.39 is 0 Å². The van der Waals surface area contributed by atoms with Crippen molar-refractivity contribution in [1.29, 1.82) is 0 Å². The van der Waals surface area contributed by atoms with Crippen molar-refractivity contribution in [3.63, 3.8) is 0 Å². The van der Waals surface area contributed by atoms with Gasteiger partial charge in [0.1, 0.15) is 5.75 Å². The lowest BCUT2D eigenvalue weighted by atomic mass is 9.79. The van der Waals surface area contributed by atoms with E-state index in [9.17, 15) is 4.79 Å². The Morgan fingerprint density at radius 2 is 1.95 bits per heavy atom. The fourth-order valence-electron chi connectivity index (χ4n) is 3.97. The van der Waals surface area contributed by atoms with Crippen molar-refractivity contribution in [2.75, 3.05) is 33.3 Å². The lowest BCUT2D eigenvalue weighted by molar-refractivity contribution is -0.128. The van der Waals surface area contributed by atoms with Crippen molar-refractivity contribution in [1.82, 2.24) is 9.80 Å². The number of benzene rings is 1. The van der Waals surface area contributed by atoms with E-state index in [-0.39, 0.29) is 5.91 Å². The third kappa shape index (κ3) is 3.27. The molecular weight excluding hydrogens is 276 g/mol. The van der Waals surface area contributed by atoms with Gasteiger partial charge in [-0.3, -0.25) is 9.69 Å². The fraction of sp³-hybridized carbons (Fsp3) is 0.611. The van der Waals surface area contributed by atoms with Crippen LogP contribution in [0.1, 0.15) is 31.7 Å². The zero-order valence-corrected chi connectivity index (χ0v) is 13.7. The van der Waals surface area contributed by atoms with Crippen molar-refractivity contribution in [2.24, 2.45) is 5.41 Å². The molecule has 1 unspecified atom stereocenters. The Hall–Kier alpha value is -1.55. The molecule has 1 aromatic carbocycles. The van der Waals surface area contributed by atoms with Crippen LogP contribution in [-0.2, 0) is 11.3 Å². The van der Waals surface area contributed by atoms with Crippen LogP contribution >= 0.6 is 0 Å². The number of nitrogens with zero attached hydrogens (tertiary/aromatic N) is 2. The van der Waals surface area contributed by atoms with Gasteiger partial charge in [-0.2, -0.15) is 0 Å². The Morgan fingerprint density at radius 3 is 2.59 bits per heavy atom. The second kappa shape index (κ2) is 6.29. The molecule has 0 N–H and O–H groups in total. The Balaban J connectivity index is 1.62. The maximum atomic E-state index is 11.6. The summed E-state index contributed by atoms with van der Waals surface area (Å²) in [6, 6.07) is 8.36. The van der Waals surface area contributed by atoms with Crippen LogP contribution < -0.4 is 4.74 Å². The molecule has 4 nitrogen and oxygen atoms in total. The highest BCUT2D eigenvalue weighted by molar-refractivity contribution is 5.73. The van der Waals surface area contributed by atoms with E-state index in [0.717, 1.165) is 44.9 Å². The van der Waals surface area contributed by atoms with Crippen LogP contribution in [0.5, 0.6) is 5.75 Å². The van der Waals surface area contributed by atoms with E-state index in [1.54, 1.807) is 14.0 Å². The van der Waals surface area contributed by atoms with Gasteiger partial charge in [-0.25, -0.2) is 0 Å². The first-order valence-electron chi connectivity index (χ1n) is 8.21. The largest absolute Gasteiger partial charge is 0.497 e. The average Bonchev–Trinajstić information content (AvgIpc) is 2.92. The van der Waals surface area contributed by atoms with Gasteiger partial charge in [0.15, 0.2) is 0 Å². The Labute approximate surface area is 133 Å². The Kier molecular flexibility index (Phi) is 4.39. The second-order valence-electron chi connectivity index (χ2n) is 6.85. The van der Waals surface area contributed by atoms with Crippen molar-refractivity contribution in [3.8, 4) is 5.75 Å². The minimum Gasteiger partial charge on any atom is -0.497 e. The molecule has 120 valence electrons. The number of amides is 1. The number of carbonyl (C=O) groups is 1. The highest BCUT2D eigenvalue weighted by Crippen LogP contribution is 2.39. The molecule has 2 fully saturated rings.